The van der Waals surface area contributed by atoms with Gasteiger partial charge < -0.3 is 5.32 Å². The van der Waals surface area contributed by atoms with Gasteiger partial charge in [0.15, 0.2) is 0 Å². The molecule has 3 N–H and O–H groups in total. The van der Waals surface area contributed by atoms with Crippen LogP contribution in [0.3, 0.4) is 0 Å². The van der Waals surface area contributed by atoms with Gasteiger partial charge in [0, 0.05) is 12.2 Å². The van der Waals surface area contributed by atoms with Crippen molar-refractivity contribution in [1.29, 1.82) is 0 Å². The average Bonchev–Trinajstić information content (AvgIpc) is 2.68. The zero-order valence-electron chi connectivity index (χ0n) is 11.1. The van der Waals surface area contributed by atoms with Crippen molar-refractivity contribution in [2.24, 2.45) is 5.14 Å². The minimum Gasteiger partial charge on any atom is -0.312 e. The monoisotopic (exact) mass is 274 g/mol. The molecule has 0 aliphatic carbocycles. The van der Waals surface area contributed by atoms with Crippen LogP contribution in [0.4, 0.5) is 0 Å². The third kappa shape index (κ3) is 5.16. The molecule has 6 nitrogen and oxygen atoms in total. The SMILES string of the molecule is Cc1cnn([C@@H](C)[C@H](C)NCCCS(N)(=O)=O)c1. The van der Waals surface area contributed by atoms with Crippen molar-refractivity contribution in [1.82, 2.24) is 15.1 Å². The predicted molar refractivity (Wildman–Crippen MR) is 71.7 cm³/mol. The lowest BCUT2D eigenvalue weighted by molar-refractivity contribution is 0.367. The van der Waals surface area contributed by atoms with Crippen molar-refractivity contribution in [3.8, 4) is 0 Å². The van der Waals surface area contributed by atoms with E-state index in [1.807, 2.05) is 24.0 Å². The second kappa shape index (κ2) is 6.31. The Kier molecular flexibility index (Phi) is 5.30. The first-order chi connectivity index (χ1) is 8.29. The highest BCUT2D eigenvalue weighted by atomic mass is 32.2. The number of sulfonamides is 1. The van der Waals surface area contributed by atoms with Gasteiger partial charge in [0.05, 0.1) is 18.0 Å². The Bertz CT molecular complexity index is 469. The third-order valence-electron chi connectivity index (χ3n) is 2.94. The molecule has 0 aromatic carbocycles. The van der Waals surface area contributed by atoms with Crippen LogP contribution in [0.1, 0.15) is 31.9 Å². The van der Waals surface area contributed by atoms with E-state index in [0.29, 0.717) is 13.0 Å². The van der Waals surface area contributed by atoms with Crippen molar-refractivity contribution < 1.29 is 8.42 Å². The van der Waals surface area contributed by atoms with Crippen molar-refractivity contribution in [2.75, 3.05) is 12.3 Å². The van der Waals surface area contributed by atoms with E-state index >= 15 is 0 Å². The first-order valence-electron chi connectivity index (χ1n) is 6.04. The highest BCUT2D eigenvalue weighted by Gasteiger charge is 2.14. The quantitative estimate of drug-likeness (QED) is 0.705. The zero-order chi connectivity index (χ0) is 13.8. The van der Waals surface area contributed by atoms with E-state index in [1.54, 1.807) is 0 Å². The maximum Gasteiger partial charge on any atom is 0.209 e. The van der Waals surface area contributed by atoms with Gasteiger partial charge in [-0.3, -0.25) is 4.68 Å². The highest BCUT2D eigenvalue weighted by Crippen LogP contribution is 2.10. The maximum absolute atomic E-state index is 10.8. The number of aromatic nitrogens is 2. The van der Waals surface area contributed by atoms with E-state index in [-0.39, 0.29) is 17.8 Å². The van der Waals surface area contributed by atoms with Crippen LogP contribution in [0, 0.1) is 6.92 Å². The molecule has 0 radical (unpaired) electrons. The Morgan fingerprint density at radius 1 is 1.50 bits per heavy atom. The summed E-state index contributed by atoms with van der Waals surface area (Å²) in [5.74, 6) is 0.0159. The number of hydrogen-bond donors (Lipinski definition) is 2. The van der Waals surface area contributed by atoms with Crippen molar-refractivity contribution in [2.45, 2.75) is 39.3 Å². The summed E-state index contributed by atoms with van der Waals surface area (Å²) in [4.78, 5) is 0. The summed E-state index contributed by atoms with van der Waals surface area (Å²) in [6.45, 7) is 6.75. The predicted octanol–water partition coefficient (Wildman–Crippen LogP) is 0.409. The number of rotatable bonds is 7. The summed E-state index contributed by atoms with van der Waals surface area (Å²) >= 11 is 0. The Morgan fingerprint density at radius 3 is 2.67 bits per heavy atom. The molecule has 104 valence electrons. The molecule has 2 atom stereocenters. The molecular formula is C11H22N4O2S. The van der Waals surface area contributed by atoms with Gasteiger partial charge in [-0.15, -0.1) is 0 Å². The third-order valence-corrected chi connectivity index (χ3v) is 3.80. The van der Waals surface area contributed by atoms with E-state index in [2.05, 4.69) is 24.3 Å². The van der Waals surface area contributed by atoms with E-state index in [9.17, 15) is 8.42 Å². The molecule has 0 saturated heterocycles. The molecule has 1 rings (SSSR count). The molecule has 0 bridgehead atoms. The number of nitrogens with two attached hydrogens (primary N) is 1. The number of nitrogens with one attached hydrogen (secondary N) is 1. The second-order valence-corrected chi connectivity index (χ2v) is 6.44. The number of primary sulfonamides is 1. The average molecular weight is 274 g/mol. The van der Waals surface area contributed by atoms with Crippen LogP contribution in [0.25, 0.3) is 0 Å². The first kappa shape index (κ1) is 15.1. The normalized spacial score (nSPS) is 15.6. The van der Waals surface area contributed by atoms with Gasteiger partial charge in [-0.05, 0) is 39.3 Å². The van der Waals surface area contributed by atoms with E-state index in [4.69, 9.17) is 5.14 Å². The Labute approximate surface area is 109 Å². The fourth-order valence-corrected chi connectivity index (χ4v) is 2.21. The van der Waals surface area contributed by atoms with Crippen LogP contribution >= 0.6 is 0 Å². The smallest absolute Gasteiger partial charge is 0.209 e. The minimum absolute atomic E-state index is 0.0159. The van der Waals surface area contributed by atoms with Crippen LogP contribution in [0.2, 0.25) is 0 Å². The zero-order valence-corrected chi connectivity index (χ0v) is 11.9. The summed E-state index contributed by atoms with van der Waals surface area (Å²) in [7, 11) is -3.35. The van der Waals surface area contributed by atoms with Crippen LogP contribution in [0.5, 0.6) is 0 Å². The lowest BCUT2D eigenvalue weighted by Gasteiger charge is -2.21. The lowest BCUT2D eigenvalue weighted by Crippen LogP contribution is -2.35. The molecule has 1 aromatic rings. The summed E-state index contributed by atoms with van der Waals surface area (Å²) in [6, 6.07) is 0.429. The molecule has 18 heavy (non-hydrogen) atoms. The van der Waals surface area contributed by atoms with Crippen LogP contribution in [0.15, 0.2) is 12.4 Å². The Morgan fingerprint density at radius 2 is 2.17 bits per heavy atom. The summed E-state index contributed by atoms with van der Waals surface area (Å²) in [5, 5.41) is 12.5. The summed E-state index contributed by atoms with van der Waals surface area (Å²) in [5.41, 5.74) is 1.13. The molecule has 7 heteroatoms. The lowest BCUT2D eigenvalue weighted by atomic mass is 10.1. The minimum atomic E-state index is -3.35. The van der Waals surface area contributed by atoms with E-state index < -0.39 is 10.0 Å². The second-order valence-electron chi connectivity index (χ2n) is 4.70. The van der Waals surface area contributed by atoms with E-state index in [1.165, 1.54) is 0 Å². The van der Waals surface area contributed by atoms with Gasteiger partial charge in [0.1, 0.15) is 0 Å². The molecule has 0 saturated carbocycles. The largest absolute Gasteiger partial charge is 0.312 e. The van der Waals surface area contributed by atoms with Crippen molar-refractivity contribution in [3.63, 3.8) is 0 Å². The van der Waals surface area contributed by atoms with Crippen LogP contribution < -0.4 is 10.5 Å². The molecule has 0 fully saturated rings. The van der Waals surface area contributed by atoms with Gasteiger partial charge in [0.2, 0.25) is 10.0 Å². The van der Waals surface area contributed by atoms with Crippen LogP contribution in [-0.4, -0.2) is 36.5 Å². The van der Waals surface area contributed by atoms with Crippen LogP contribution in [-0.2, 0) is 10.0 Å². The highest BCUT2D eigenvalue weighted by molar-refractivity contribution is 7.89. The van der Waals surface area contributed by atoms with Gasteiger partial charge >= 0.3 is 0 Å². The molecular weight excluding hydrogens is 252 g/mol. The standard InChI is InChI=1S/C11H22N4O2S/c1-9-7-14-15(8-9)11(3)10(2)13-5-4-6-18(12,16)17/h7-8,10-11,13H,4-6H2,1-3H3,(H2,12,16,17)/t10-,11-/m0/s1. The Balaban J connectivity index is 2.34. The van der Waals surface area contributed by atoms with E-state index in [0.717, 1.165) is 5.56 Å². The molecule has 1 aromatic heterocycles. The molecule has 1 heterocycles. The molecule has 0 aliphatic heterocycles. The first-order valence-corrected chi connectivity index (χ1v) is 7.76. The summed E-state index contributed by atoms with van der Waals surface area (Å²) in [6.07, 6.45) is 4.34. The van der Waals surface area contributed by atoms with Gasteiger partial charge in [-0.2, -0.15) is 5.10 Å². The fourth-order valence-electron chi connectivity index (χ4n) is 1.66. The molecule has 0 amide bonds. The van der Waals surface area contributed by atoms with Crippen molar-refractivity contribution >= 4 is 10.0 Å². The van der Waals surface area contributed by atoms with Crippen molar-refractivity contribution in [3.05, 3.63) is 18.0 Å². The fraction of sp³-hybridized carbons (Fsp3) is 0.727. The van der Waals surface area contributed by atoms with Gasteiger partial charge in [-0.1, -0.05) is 0 Å². The number of aryl methyl sites for hydroxylation is 1. The topological polar surface area (TPSA) is 90.0 Å². The van der Waals surface area contributed by atoms with Gasteiger partial charge in [-0.25, -0.2) is 13.6 Å². The molecule has 0 aliphatic rings. The number of hydrogen-bond acceptors (Lipinski definition) is 4. The van der Waals surface area contributed by atoms with Gasteiger partial charge in [0.25, 0.3) is 0 Å². The summed E-state index contributed by atoms with van der Waals surface area (Å²) < 4.78 is 23.4. The number of nitrogens with zero attached hydrogens (tertiary/aromatic N) is 2. The Hall–Kier alpha value is -0.920. The maximum atomic E-state index is 10.8. The molecule has 0 spiro atoms. The molecule has 0 unspecified atom stereocenters.